The van der Waals surface area contributed by atoms with E-state index < -0.39 is 5.82 Å². The number of nitriles is 1. The highest BCUT2D eigenvalue weighted by Gasteiger charge is 2.43. The van der Waals surface area contributed by atoms with E-state index in [1.807, 2.05) is 6.92 Å². The Morgan fingerprint density at radius 2 is 1.89 bits per heavy atom. The van der Waals surface area contributed by atoms with Crippen LogP contribution in [0.25, 0.3) is 32.1 Å². The molecule has 4 aliphatic rings. The Labute approximate surface area is 282 Å². The fourth-order valence-corrected chi connectivity index (χ4v) is 9.62. The summed E-state index contributed by atoms with van der Waals surface area (Å²) in [7, 11) is 4.21. The van der Waals surface area contributed by atoms with E-state index in [0.29, 0.717) is 63.5 Å². The Morgan fingerprint density at radius 1 is 1.15 bits per heavy atom. The number of benzene rings is 2. The number of thiophene rings is 1. The number of anilines is 3. The summed E-state index contributed by atoms with van der Waals surface area (Å²) in [6.07, 6.45) is 2.71. The molecule has 2 aromatic heterocycles. The van der Waals surface area contributed by atoms with Crippen LogP contribution in [0.5, 0.6) is 0 Å². The zero-order valence-electron chi connectivity index (χ0n) is 26.8. The summed E-state index contributed by atoms with van der Waals surface area (Å²) in [5.74, 6) is 1.11. The highest BCUT2D eigenvalue weighted by Crippen LogP contribution is 2.50. The third-order valence-corrected chi connectivity index (χ3v) is 11.9. The van der Waals surface area contributed by atoms with Crippen LogP contribution in [-0.4, -0.2) is 95.9 Å². The summed E-state index contributed by atoms with van der Waals surface area (Å²) >= 11 is 8.59. The largest absolute Gasteiger partial charge is 0.392 e. The first-order valence-electron chi connectivity index (χ1n) is 16.3. The first kappa shape index (κ1) is 31.0. The number of halogens is 2. The van der Waals surface area contributed by atoms with Crippen molar-refractivity contribution in [2.45, 2.75) is 63.6 Å². The van der Waals surface area contributed by atoms with E-state index in [-0.39, 0.29) is 28.8 Å². The van der Waals surface area contributed by atoms with Crippen molar-refractivity contribution in [2.75, 3.05) is 62.4 Å². The number of nitrogens with zero attached hydrogens (tertiary/aromatic N) is 7. The number of hydrogen-bond donors (Lipinski definition) is 2. The molecular formula is C34H38ClFN8O2S. The van der Waals surface area contributed by atoms with Crippen LogP contribution in [0.4, 0.5) is 21.2 Å². The fraction of sp³-hybridized carbons (Fsp3) is 0.500. The van der Waals surface area contributed by atoms with Gasteiger partial charge in [-0.3, -0.25) is 4.90 Å². The standard InChI is InChI=1S/C34H38ClFN8O2S/c1-17(45)11-42-12-19-4-5-20(13-42)44(19)33-28-24-16-46-15-23(24)26(21-6-7-25(36)31-27(21)22(10-37)32(38)47-31)29(35)30(28)39-34(40-33)43-9-8-18(14-43)41(2)3/h6-7,17-20,45H,4-5,8-9,11-16,38H2,1-3H3/t17-,18+,19?,20?/m1/s1. The van der Waals surface area contributed by atoms with Crippen molar-refractivity contribution in [3.05, 3.63) is 39.7 Å². The predicted octanol–water partition coefficient (Wildman–Crippen LogP) is 4.96. The molecule has 3 fully saturated rings. The summed E-state index contributed by atoms with van der Waals surface area (Å²) in [4.78, 5) is 19.9. The Kier molecular flexibility index (Phi) is 7.70. The second-order valence-corrected chi connectivity index (χ2v) is 15.1. The van der Waals surface area contributed by atoms with Crippen LogP contribution in [0.15, 0.2) is 12.1 Å². The molecule has 47 heavy (non-hydrogen) atoms. The van der Waals surface area contributed by atoms with Crippen molar-refractivity contribution in [3.8, 4) is 17.2 Å². The molecule has 6 heterocycles. The molecule has 8 rings (SSSR count). The molecule has 4 atom stereocenters. The lowest BCUT2D eigenvalue weighted by Crippen LogP contribution is -2.55. The molecule has 0 spiro atoms. The summed E-state index contributed by atoms with van der Waals surface area (Å²) in [6, 6.07) is 6.20. The maximum Gasteiger partial charge on any atom is 0.228 e. The lowest BCUT2D eigenvalue weighted by Gasteiger charge is -2.43. The van der Waals surface area contributed by atoms with E-state index in [9.17, 15) is 10.4 Å². The summed E-state index contributed by atoms with van der Waals surface area (Å²) in [6.45, 7) is 6.54. The number of aromatic nitrogens is 2. The molecule has 0 radical (unpaired) electrons. The smallest absolute Gasteiger partial charge is 0.228 e. The minimum Gasteiger partial charge on any atom is -0.392 e. The molecule has 0 aliphatic carbocycles. The Balaban J connectivity index is 1.37. The topological polar surface area (TPSA) is 118 Å². The number of nitrogens with two attached hydrogens (primary N) is 1. The van der Waals surface area contributed by atoms with Crippen LogP contribution in [0.3, 0.4) is 0 Å². The molecule has 3 N–H and O–H groups in total. The average Bonchev–Trinajstić information content (AvgIpc) is 3.83. The van der Waals surface area contributed by atoms with Crippen molar-refractivity contribution < 1.29 is 14.2 Å². The van der Waals surface area contributed by atoms with Crippen LogP contribution < -0.4 is 15.5 Å². The average molecular weight is 677 g/mol. The van der Waals surface area contributed by atoms with Crippen molar-refractivity contribution in [3.63, 3.8) is 0 Å². The van der Waals surface area contributed by atoms with Crippen LogP contribution in [-0.2, 0) is 18.0 Å². The number of aliphatic hydroxyl groups excluding tert-OH is 1. The number of aliphatic hydroxyl groups is 1. The van der Waals surface area contributed by atoms with E-state index in [1.54, 1.807) is 6.07 Å². The molecular weight excluding hydrogens is 639 g/mol. The molecule has 3 saturated heterocycles. The third-order valence-electron chi connectivity index (χ3n) is 10.5. The first-order valence-corrected chi connectivity index (χ1v) is 17.5. The fourth-order valence-electron chi connectivity index (χ4n) is 8.32. The zero-order valence-corrected chi connectivity index (χ0v) is 28.3. The molecule has 0 saturated carbocycles. The number of nitrogen functional groups attached to an aromatic ring is 1. The zero-order chi connectivity index (χ0) is 32.7. The molecule has 0 amide bonds. The van der Waals surface area contributed by atoms with Crippen LogP contribution in [0.1, 0.15) is 42.9 Å². The van der Waals surface area contributed by atoms with E-state index in [2.05, 4.69) is 39.8 Å². The van der Waals surface area contributed by atoms with Crippen LogP contribution >= 0.6 is 22.9 Å². The number of β-amino-alcohol motifs (C(OH)–C–C–N with tert-alkyl or cyclic N) is 1. The molecule has 4 aromatic rings. The van der Waals surface area contributed by atoms with Gasteiger partial charge in [0.2, 0.25) is 5.95 Å². The lowest BCUT2D eigenvalue weighted by molar-refractivity contribution is 0.111. The van der Waals surface area contributed by atoms with Gasteiger partial charge in [0.25, 0.3) is 0 Å². The number of likely N-dealkylation sites (N-methyl/N-ethyl adjacent to an activating group) is 1. The number of likely N-dealkylation sites (tertiary alicyclic amines) is 1. The molecule has 2 bridgehead atoms. The monoisotopic (exact) mass is 676 g/mol. The van der Waals surface area contributed by atoms with Gasteiger partial charge < -0.3 is 30.3 Å². The second kappa shape index (κ2) is 11.7. The summed E-state index contributed by atoms with van der Waals surface area (Å²) in [5.41, 5.74) is 10.4. The SMILES string of the molecule is C[C@@H](O)CN1CC2CCC(C1)N2c1nc(N2CC[C@H](N(C)C)C2)nc2c(Cl)c(-c3ccc(F)c4sc(N)c(C#N)c34)c3c(c12)COC3. The molecule has 13 heteroatoms. The van der Waals surface area contributed by atoms with Crippen LogP contribution in [0, 0.1) is 17.1 Å². The molecule has 2 aromatic carbocycles. The molecule has 10 nitrogen and oxygen atoms in total. The number of fused-ring (bicyclic) bond motifs is 6. The van der Waals surface area contributed by atoms with Gasteiger partial charge in [-0.2, -0.15) is 10.2 Å². The highest BCUT2D eigenvalue weighted by atomic mass is 35.5. The quantitative estimate of drug-likeness (QED) is 0.290. The molecule has 4 aliphatic heterocycles. The van der Waals surface area contributed by atoms with Gasteiger partial charge in [0, 0.05) is 61.8 Å². The number of ether oxygens (including phenoxy) is 1. The van der Waals surface area contributed by atoms with Gasteiger partial charge in [-0.25, -0.2) is 9.37 Å². The number of hydrogen-bond acceptors (Lipinski definition) is 11. The van der Waals surface area contributed by atoms with Crippen molar-refractivity contribution >= 4 is 60.7 Å². The van der Waals surface area contributed by atoms with Crippen molar-refractivity contribution in [1.82, 2.24) is 19.8 Å². The highest BCUT2D eigenvalue weighted by molar-refractivity contribution is 7.23. The van der Waals surface area contributed by atoms with E-state index in [1.165, 1.54) is 6.07 Å². The lowest BCUT2D eigenvalue weighted by atomic mass is 9.90. The maximum atomic E-state index is 15.1. The minimum absolute atomic E-state index is 0.242. The van der Waals surface area contributed by atoms with Gasteiger partial charge in [0.05, 0.1) is 45.5 Å². The molecule has 246 valence electrons. The second-order valence-electron chi connectivity index (χ2n) is 13.7. The first-order chi connectivity index (χ1) is 22.6. The molecule has 2 unspecified atom stereocenters. The Morgan fingerprint density at radius 3 is 2.57 bits per heavy atom. The van der Waals surface area contributed by atoms with E-state index >= 15 is 4.39 Å². The van der Waals surface area contributed by atoms with Gasteiger partial charge in [-0.1, -0.05) is 17.7 Å². The van der Waals surface area contributed by atoms with Crippen molar-refractivity contribution in [1.29, 1.82) is 5.26 Å². The Hall–Kier alpha value is -3.31. The minimum atomic E-state index is -0.423. The van der Waals surface area contributed by atoms with E-state index in [4.69, 9.17) is 32.0 Å². The maximum absolute atomic E-state index is 15.1. The van der Waals surface area contributed by atoms with Gasteiger partial charge >= 0.3 is 0 Å². The number of piperazine rings is 1. The predicted molar refractivity (Wildman–Crippen MR) is 185 cm³/mol. The van der Waals surface area contributed by atoms with Gasteiger partial charge in [0.15, 0.2) is 0 Å². The normalized spacial score (nSPS) is 23.4. The van der Waals surface area contributed by atoms with Crippen LogP contribution in [0.2, 0.25) is 5.02 Å². The van der Waals surface area contributed by atoms with Gasteiger partial charge in [-0.05, 0) is 63.0 Å². The van der Waals surface area contributed by atoms with Crippen molar-refractivity contribution in [2.24, 2.45) is 0 Å². The summed E-state index contributed by atoms with van der Waals surface area (Å²) < 4.78 is 21.6. The summed E-state index contributed by atoms with van der Waals surface area (Å²) in [5, 5.41) is 22.3. The number of rotatable bonds is 6. The van der Waals surface area contributed by atoms with Gasteiger partial charge in [-0.15, -0.1) is 11.3 Å². The third kappa shape index (κ3) is 4.93. The Bertz CT molecular complexity index is 1950. The van der Waals surface area contributed by atoms with E-state index in [0.717, 1.165) is 79.1 Å². The van der Waals surface area contributed by atoms with Gasteiger partial charge in [0.1, 0.15) is 22.7 Å².